The van der Waals surface area contributed by atoms with Gasteiger partial charge in [0, 0.05) is 12.1 Å². The number of esters is 1. The molecular formula is C12H14N2O3. The van der Waals surface area contributed by atoms with Crippen LogP contribution in [0.5, 0.6) is 5.75 Å². The van der Waals surface area contributed by atoms with Crippen molar-refractivity contribution in [1.82, 2.24) is 0 Å². The second-order valence-electron chi connectivity index (χ2n) is 3.39. The lowest BCUT2D eigenvalue weighted by atomic mass is 10.0. The third-order valence-electron chi connectivity index (χ3n) is 2.39. The smallest absolute Gasteiger partial charge is 0.309 e. The number of methoxy groups -OCH3 is 2. The van der Waals surface area contributed by atoms with Crippen LogP contribution in [-0.4, -0.2) is 20.2 Å². The third kappa shape index (κ3) is 2.95. The lowest BCUT2D eigenvalue weighted by molar-refractivity contribution is -0.139. The predicted octanol–water partition coefficient (Wildman–Crippen LogP) is 0.741. The zero-order chi connectivity index (χ0) is 12.8. The Morgan fingerprint density at radius 3 is 2.65 bits per heavy atom. The summed E-state index contributed by atoms with van der Waals surface area (Å²) in [6.45, 7) is 0.213. The fourth-order valence-electron chi connectivity index (χ4n) is 1.54. The van der Waals surface area contributed by atoms with E-state index in [4.69, 9.17) is 15.7 Å². The van der Waals surface area contributed by atoms with Gasteiger partial charge in [0.2, 0.25) is 0 Å². The Bertz CT molecular complexity index is 464. The number of hydrogen-bond acceptors (Lipinski definition) is 5. The molecule has 0 amide bonds. The van der Waals surface area contributed by atoms with E-state index in [9.17, 15) is 4.79 Å². The van der Waals surface area contributed by atoms with Gasteiger partial charge in [-0.2, -0.15) is 5.26 Å². The van der Waals surface area contributed by atoms with Crippen molar-refractivity contribution in [3.8, 4) is 11.8 Å². The summed E-state index contributed by atoms with van der Waals surface area (Å²) in [7, 11) is 2.82. The van der Waals surface area contributed by atoms with Crippen molar-refractivity contribution >= 4 is 5.97 Å². The van der Waals surface area contributed by atoms with E-state index in [2.05, 4.69) is 4.74 Å². The Kier molecular flexibility index (Phi) is 4.49. The Balaban J connectivity index is 3.19. The number of carbonyl (C=O) groups is 1. The molecule has 0 unspecified atom stereocenters. The zero-order valence-corrected chi connectivity index (χ0v) is 9.82. The molecule has 0 saturated heterocycles. The van der Waals surface area contributed by atoms with Gasteiger partial charge < -0.3 is 15.2 Å². The number of nitriles is 1. The van der Waals surface area contributed by atoms with E-state index >= 15 is 0 Å². The highest BCUT2D eigenvalue weighted by Crippen LogP contribution is 2.24. The summed E-state index contributed by atoms with van der Waals surface area (Å²) in [5.74, 6) is 0.155. The van der Waals surface area contributed by atoms with Crippen molar-refractivity contribution in [2.75, 3.05) is 14.2 Å². The summed E-state index contributed by atoms with van der Waals surface area (Å²) >= 11 is 0. The summed E-state index contributed by atoms with van der Waals surface area (Å²) in [6, 6.07) is 5.36. The molecule has 17 heavy (non-hydrogen) atoms. The molecule has 0 spiro atoms. The molecule has 1 aromatic rings. The maximum absolute atomic E-state index is 11.2. The van der Waals surface area contributed by atoms with Crippen LogP contribution in [0.1, 0.15) is 16.7 Å². The highest BCUT2D eigenvalue weighted by molar-refractivity contribution is 5.73. The molecule has 0 heterocycles. The standard InChI is InChI=1S/C12H14N2O3/c1-16-11-4-8(5-12(15)17-2)3-9(6-13)10(11)7-14/h3-4H,5,7,14H2,1-2H3. The number of carbonyl (C=O) groups excluding carboxylic acids is 1. The number of benzene rings is 1. The van der Waals surface area contributed by atoms with Crippen molar-refractivity contribution in [1.29, 1.82) is 5.26 Å². The van der Waals surface area contributed by atoms with Crippen LogP contribution in [0.2, 0.25) is 0 Å². The number of nitrogens with two attached hydrogens (primary N) is 1. The minimum absolute atomic E-state index is 0.104. The van der Waals surface area contributed by atoms with Crippen LogP contribution in [0.3, 0.4) is 0 Å². The first-order valence-electron chi connectivity index (χ1n) is 5.03. The molecule has 2 N–H and O–H groups in total. The summed E-state index contributed by atoms with van der Waals surface area (Å²) in [4.78, 5) is 11.2. The molecule has 0 saturated carbocycles. The van der Waals surface area contributed by atoms with Gasteiger partial charge in [-0.3, -0.25) is 4.79 Å². The molecule has 0 bridgehead atoms. The molecule has 0 radical (unpaired) electrons. The van der Waals surface area contributed by atoms with Crippen molar-refractivity contribution in [2.24, 2.45) is 5.73 Å². The van der Waals surface area contributed by atoms with Gasteiger partial charge in [0.15, 0.2) is 0 Å². The van der Waals surface area contributed by atoms with E-state index in [1.54, 1.807) is 12.1 Å². The average Bonchev–Trinajstić information content (AvgIpc) is 2.37. The van der Waals surface area contributed by atoms with Crippen LogP contribution < -0.4 is 10.5 Å². The van der Waals surface area contributed by atoms with E-state index in [0.29, 0.717) is 22.4 Å². The van der Waals surface area contributed by atoms with Gasteiger partial charge in [-0.15, -0.1) is 0 Å². The van der Waals surface area contributed by atoms with Gasteiger partial charge in [0.1, 0.15) is 5.75 Å². The first-order valence-corrected chi connectivity index (χ1v) is 5.03. The van der Waals surface area contributed by atoms with Gasteiger partial charge in [-0.05, 0) is 17.7 Å². The fourth-order valence-corrected chi connectivity index (χ4v) is 1.54. The van der Waals surface area contributed by atoms with Crippen molar-refractivity contribution in [3.05, 3.63) is 28.8 Å². The monoisotopic (exact) mass is 234 g/mol. The number of nitrogens with zero attached hydrogens (tertiary/aromatic N) is 1. The summed E-state index contributed by atoms with van der Waals surface area (Å²) in [6.07, 6.45) is 0.104. The van der Waals surface area contributed by atoms with E-state index in [0.717, 1.165) is 0 Å². The molecular weight excluding hydrogens is 220 g/mol. The zero-order valence-electron chi connectivity index (χ0n) is 9.82. The highest BCUT2D eigenvalue weighted by Gasteiger charge is 2.12. The minimum Gasteiger partial charge on any atom is -0.496 e. The average molecular weight is 234 g/mol. The second kappa shape index (κ2) is 5.87. The Hall–Kier alpha value is -2.06. The van der Waals surface area contributed by atoms with E-state index in [1.165, 1.54) is 14.2 Å². The molecule has 90 valence electrons. The van der Waals surface area contributed by atoms with Crippen LogP contribution in [0.4, 0.5) is 0 Å². The van der Waals surface area contributed by atoms with Crippen molar-refractivity contribution in [2.45, 2.75) is 13.0 Å². The largest absolute Gasteiger partial charge is 0.496 e. The van der Waals surface area contributed by atoms with Gasteiger partial charge in [-0.1, -0.05) is 0 Å². The van der Waals surface area contributed by atoms with Gasteiger partial charge in [-0.25, -0.2) is 0 Å². The lowest BCUT2D eigenvalue weighted by Gasteiger charge is -2.10. The van der Waals surface area contributed by atoms with Crippen molar-refractivity contribution in [3.63, 3.8) is 0 Å². The molecule has 0 fully saturated rings. The molecule has 0 aliphatic rings. The van der Waals surface area contributed by atoms with Crippen LogP contribution >= 0.6 is 0 Å². The van der Waals surface area contributed by atoms with E-state index in [1.807, 2.05) is 6.07 Å². The fraction of sp³-hybridized carbons (Fsp3) is 0.333. The number of rotatable bonds is 4. The molecule has 5 heteroatoms. The normalized spacial score (nSPS) is 9.53. The third-order valence-corrected chi connectivity index (χ3v) is 2.39. The number of ether oxygens (including phenoxy) is 2. The van der Waals surface area contributed by atoms with Gasteiger partial charge in [0.25, 0.3) is 0 Å². The van der Waals surface area contributed by atoms with Crippen LogP contribution in [0.15, 0.2) is 12.1 Å². The summed E-state index contributed by atoms with van der Waals surface area (Å²) in [5.41, 5.74) is 7.29. The maximum atomic E-state index is 11.2. The van der Waals surface area contributed by atoms with Gasteiger partial charge >= 0.3 is 5.97 Å². The predicted molar refractivity (Wildman–Crippen MR) is 61.3 cm³/mol. The van der Waals surface area contributed by atoms with E-state index in [-0.39, 0.29) is 18.9 Å². The summed E-state index contributed by atoms with van der Waals surface area (Å²) in [5, 5.41) is 9.01. The van der Waals surface area contributed by atoms with Gasteiger partial charge in [0.05, 0.1) is 32.3 Å². The first-order chi connectivity index (χ1) is 8.15. The first kappa shape index (κ1) is 13.0. The Morgan fingerprint density at radius 2 is 2.18 bits per heavy atom. The maximum Gasteiger partial charge on any atom is 0.309 e. The molecule has 1 rings (SSSR count). The molecule has 0 atom stereocenters. The second-order valence-corrected chi connectivity index (χ2v) is 3.39. The van der Waals surface area contributed by atoms with Crippen LogP contribution in [0.25, 0.3) is 0 Å². The molecule has 1 aromatic carbocycles. The summed E-state index contributed by atoms with van der Waals surface area (Å²) < 4.78 is 9.72. The van der Waals surface area contributed by atoms with Crippen LogP contribution in [0, 0.1) is 11.3 Å². The SMILES string of the molecule is COC(=O)Cc1cc(C#N)c(CN)c(OC)c1. The topological polar surface area (TPSA) is 85.3 Å². The molecule has 0 aromatic heterocycles. The number of hydrogen-bond donors (Lipinski definition) is 1. The van der Waals surface area contributed by atoms with Crippen molar-refractivity contribution < 1.29 is 14.3 Å². The highest BCUT2D eigenvalue weighted by atomic mass is 16.5. The van der Waals surface area contributed by atoms with Crippen LogP contribution in [-0.2, 0) is 22.5 Å². The minimum atomic E-state index is -0.364. The van der Waals surface area contributed by atoms with E-state index < -0.39 is 0 Å². The molecule has 5 nitrogen and oxygen atoms in total. The molecule has 0 aliphatic heterocycles. The lowest BCUT2D eigenvalue weighted by Crippen LogP contribution is -2.08. The quantitative estimate of drug-likeness (QED) is 0.776. The Morgan fingerprint density at radius 1 is 1.47 bits per heavy atom. The Labute approximate surface area is 99.7 Å². The molecule has 0 aliphatic carbocycles.